The Morgan fingerprint density at radius 2 is 2.22 bits per heavy atom. The number of hydrogen-bond donors (Lipinski definition) is 2. The lowest BCUT2D eigenvalue weighted by atomic mass is 9.64. The fourth-order valence-electron chi connectivity index (χ4n) is 2.24. The van der Waals surface area contributed by atoms with Gasteiger partial charge in [-0.3, -0.25) is 0 Å². The summed E-state index contributed by atoms with van der Waals surface area (Å²) in [4.78, 5) is 8.67. The van der Waals surface area contributed by atoms with Crippen molar-refractivity contribution in [2.24, 2.45) is 11.1 Å². The molecule has 98 valence electrons. The summed E-state index contributed by atoms with van der Waals surface area (Å²) in [6.45, 7) is 4.36. The van der Waals surface area contributed by atoms with Gasteiger partial charge >= 0.3 is 0 Å². The molecule has 2 unspecified atom stereocenters. The molecule has 1 saturated carbocycles. The van der Waals surface area contributed by atoms with Crippen molar-refractivity contribution in [2.45, 2.75) is 32.4 Å². The van der Waals surface area contributed by atoms with Gasteiger partial charge in [-0.2, -0.15) is 0 Å². The molecule has 0 radical (unpaired) electrons. The van der Waals surface area contributed by atoms with Crippen molar-refractivity contribution in [1.82, 2.24) is 9.97 Å². The van der Waals surface area contributed by atoms with Crippen LogP contribution in [0.1, 0.15) is 26.0 Å². The molecule has 1 aromatic heterocycles. The fraction of sp³-hybridized carbons (Fsp3) is 0.583. The van der Waals surface area contributed by atoms with Crippen molar-refractivity contribution < 1.29 is 4.74 Å². The maximum atomic E-state index is 5.47. The summed E-state index contributed by atoms with van der Waals surface area (Å²) in [5, 5.41) is 3.36. The molecule has 1 heterocycles. The third-order valence-electron chi connectivity index (χ3n) is 3.69. The van der Waals surface area contributed by atoms with E-state index in [1.54, 1.807) is 19.5 Å². The fourth-order valence-corrected chi connectivity index (χ4v) is 2.34. The molecule has 2 atom stereocenters. The van der Waals surface area contributed by atoms with Gasteiger partial charge < -0.3 is 15.8 Å². The minimum absolute atomic E-state index is 0.0955. The lowest BCUT2D eigenvalue weighted by molar-refractivity contribution is -0.0795. The maximum absolute atomic E-state index is 5.47. The van der Waals surface area contributed by atoms with Gasteiger partial charge in [-0.1, -0.05) is 26.1 Å². The first-order valence-electron chi connectivity index (χ1n) is 5.86. The molecule has 0 bridgehead atoms. The first-order valence-corrected chi connectivity index (χ1v) is 6.27. The number of methoxy groups -OCH3 is 1. The highest BCUT2D eigenvalue weighted by atomic mass is 32.1. The summed E-state index contributed by atoms with van der Waals surface area (Å²) in [5.74, 6) is 0.739. The number of thiocarbonyl (C=S) groups is 1. The van der Waals surface area contributed by atoms with Gasteiger partial charge in [0.15, 0.2) is 0 Å². The van der Waals surface area contributed by atoms with Crippen LogP contribution in [-0.2, 0) is 4.74 Å². The highest BCUT2D eigenvalue weighted by molar-refractivity contribution is 7.80. The van der Waals surface area contributed by atoms with Gasteiger partial charge in [-0.15, -0.1) is 0 Å². The van der Waals surface area contributed by atoms with Crippen LogP contribution in [-0.4, -0.2) is 34.2 Å². The lowest BCUT2D eigenvalue weighted by Crippen LogP contribution is -2.57. The first kappa shape index (κ1) is 13.2. The van der Waals surface area contributed by atoms with Gasteiger partial charge in [0.2, 0.25) is 0 Å². The summed E-state index contributed by atoms with van der Waals surface area (Å²) >= 11 is 4.83. The van der Waals surface area contributed by atoms with Gasteiger partial charge in [0.1, 0.15) is 16.5 Å². The van der Waals surface area contributed by atoms with Crippen LogP contribution < -0.4 is 11.1 Å². The second kappa shape index (κ2) is 4.78. The second-order valence-corrected chi connectivity index (χ2v) is 5.57. The summed E-state index contributed by atoms with van der Waals surface area (Å²) in [7, 11) is 1.75. The molecular formula is C12H18N4OS. The number of nitrogens with two attached hydrogens (primary N) is 1. The number of rotatable bonds is 4. The zero-order valence-corrected chi connectivity index (χ0v) is 11.6. The predicted molar refractivity (Wildman–Crippen MR) is 74.5 cm³/mol. The molecule has 18 heavy (non-hydrogen) atoms. The number of nitrogens with zero attached hydrogens (tertiary/aromatic N) is 2. The van der Waals surface area contributed by atoms with Crippen LogP contribution in [0.15, 0.2) is 12.4 Å². The van der Waals surface area contributed by atoms with E-state index >= 15 is 0 Å². The van der Waals surface area contributed by atoms with E-state index in [-0.39, 0.29) is 10.4 Å². The first-order chi connectivity index (χ1) is 8.45. The summed E-state index contributed by atoms with van der Waals surface area (Å²) < 4.78 is 5.41. The number of hydrogen-bond acceptors (Lipinski definition) is 5. The van der Waals surface area contributed by atoms with Crippen molar-refractivity contribution >= 4 is 23.0 Å². The van der Waals surface area contributed by atoms with Crippen molar-refractivity contribution in [1.29, 1.82) is 0 Å². The van der Waals surface area contributed by atoms with Crippen molar-refractivity contribution in [3.63, 3.8) is 0 Å². The van der Waals surface area contributed by atoms with Crippen LogP contribution in [0.3, 0.4) is 0 Å². The van der Waals surface area contributed by atoms with Gasteiger partial charge in [0.25, 0.3) is 0 Å². The molecule has 3 N–H and O–H groups in total. The summed E-state index contributed by atoms with van der Waals surface area (Å²) in [6.07, 6.45) is 4.51. The van der Waals surface area contributed by atoms with Crippen LogP contribution in [0.25, 0.3) is 0 Å². The molecular weight excluding hydrogens is 248 g/mol. The Morgan fingerprint density at radius 3 is 2.67 bits per heavy atom. The van der Waals surface area contributed by atoms with Crippen molar-refractivity contribution in [3.8, 4) is 0 Å². The van der Waals surface area contributed by atoms with E-state index in [2.05, 4.69) is 29.1 Å². The standard InChI is InChI=1S/C12H18N4OS/c1-12(2)8(4-9(12)17-3)16-10-6-14-7(5-15-10)11(13)18/h5-6,8-9H,4H2,1-3H3,(H2,13,18)(H,15,16). The van der Waals surface area contributed by atoms with Gasteiger partial charge in [0.05, 0.1) is 18.5 Å². The largest absolute Gasteiger partial charge is 0.388 e. The van der Waals surface area contributed by atoms with Crippen LogP contribution in [0, 0.1) is 5.41 Å². The van der Waals surface area contributed by atoms with Gasteiger partial charge in [-0.25, -0.2) is 9.97 Å². The van der Waals surface area contributed by atoms with Crippen LogP contribution in [0.5, 0.6) is 0 Å². The van der Waals surface area contributed by atoms with Crippen LogP contribution in [0.4, 0.5) is 5.82 Å². The number of ether oxygens (including phenoxy) is 1. The summed E-state index contributed by atoms with van der Waals surface area (Å²) in [5.41, 5.74) is 6.11. The molecule has 1 aliphatic carbocycles. The molecule has 2 rings (SSSR count). The average molecular weight is 266 g/mol. The maximum Gasteiger partial charge on any atom is 0.144 e. The molecule has 5 nitrogen and oxygen atoms in total. The van der Waals surface area contributed by atoms with Crippen molar-refractivity contribution in [3.05, 3.63) is 18.1 Å². The monoisotopic (exact) mass is 266 g/mol. The Labute approximate surface area is 112 Å². The highest BCUT2D eigenvalue weighted by Crippen LogP contribution is 2.43. The quantitative estimate of drug-likeness (QED) is 0.801. The van der Waals surface area contributed by atoms with E-state index in [9.17, 15) is 0 Å². The van der Waals surface area contributed by atoms with E-state index in [0.29, 0.717) is 17.8 Å². The highest BCUT2D eigenvalue weighted by Gasteiger charge is 2.48. The molecule has 6 heteroatoms. The van der Waals surface area contributed by atoms with Gasteiger partial charge in [-0.05, 0) is 6.42 Å². The van der Waals surface area contributed by atoms with E-state index < -0.39 is 0 Å². The molecule has 1 aromatic rings. The predicted octanol–water partition coefficient (Wildman–Crippen LogP) is 1.34. The molecule has 0 aliphatic heterocycles. The Kier molecular flexibility index (Phi) is 3.49. The number of anilines is 1. The Hall–Kier alpha value is -1.27. The minimum Gasteiger partial charge on any atom is -0.388 e. The van der Waals surface area contributed by atoms with Crippen molar-refractivity contribution in [2.75, 3.05) is 12.4 Å². The zero-order valence-electron chi connectivity index (χ0n) is 10.8. The Bertz CT molecular complexity index is 446. The van der Waals surface area contributed by atoms with E-state index in [1.165, 1.54) is 0 Å². The average Bonchev–Trinajstić information content (AvgIpc) is 2.34. The number of nitrogens with one attached hydrogen (secondary N) is 1. The molecule has 0 aromatic carbocycles. The zero-order chi connectivity index (χ0) is 13.3. The molecule has 0 amide bonds. The minimum atomic E-state index is 0.0955. The molecule has 0 saturated heterocycles. The lowest BCUT2D eigenvalue weighted by Gasteiger charge is -2.51. The SMILES string of the molecule is COC1CC(Nc2cnc(C(N)=S)cn2)C1(C)C. The summed E-state index contributed by atoms with van der Waals surface area (Å²) in [6, 6.07) is 0.340. The topological polar surface area (TPSA) is 73.1 Å². The molecule has 0 spiro atoms. The normalized spacial score (nSPS) is 25.3. The van der Waals surface area contributed by atoms with Crippen LogP contribution >= 0.6 is 12.2 Å². The van der Waals surface area contributed by atoms with E-state index in [0.717, 1.165) is 12.2 Å². The Morgan fingerprint density at radius 1 is 1.50 bits per heavy atom. The second-order valence-electron chi connectivity index (χ2n) is 5.13. The number of aromatic nitrogens is 2. The van der Waals surface area contributed by atoms with E-state index in [4.69, 9.17) is 22.7 Å². The third kappa shape index (κ3) is 2.30. The Balaban J connectivity index is 2.01. The van der Waals surface area contributed by atoms with Gasteiger partial charge in [0, 0.05) is 18.6 Å². The smallest absolute Gasteiger partial charge is 0.144 e. The van der Waals surface area contributed by atoms with E-state index in [1.807, 2.05) is 0 Å². The molecule has 1 fully saturated rings. The molecule has 1 aliphatic rings. The van der Waals surface area contributed by atoms with Crippen LogP contribution in [0.2, 0.25) is 0 Å². The third-order valence-corrected chi connectivity index (χ3v) is 3.90.